The summed E-state index contributed by atoms with van der Waals surface area (Å²) >= 11 is 0. The Balaban J connectivity index is 5.50. The predicted octanol–water partition coefficient (Wildman–Crippen LogP) is 6.81. The highest BCUT2D eigenvalue weighted by Gasteiger charge is 2.89. The number of rotatable bonds is 20. The molecule has 0 atom stereocenters. The van der Waals surface area contributed by atoms with Gasteiger partial charge in [-0.25, -0.2) is 4.79 Å². The van der Waals surface area contributed by atoms with Gasteiger partial charge >= 0.3 is 41.5 Å². The highest BCUT2D eigenvalue weighted by Crippen LogP contribution is 2.61. The Morgan fingerprint density at radius 2 is 1.15 bits per heavy atom. The van der Waals surface area contributed by atoms with Crippen LogP contribution in [0.15, 0.2) is 24.8 Å². The summed E-state index contributed by atoms with van der Waals surface area (Å²) in [4.78, 5) is 11.7. The Morgan fingerprint density at radius 1 is 0.718 bits per heavy atom. The number of aliphatic hydroxyl groups excluding tert-OH is 2. The molecule has 16 heteroatoms. The maximum absolute atomic E-state index is 14.0. The molecule has 0 aromatic rings. The number of carbonyl (C=O) groups is 1. The topological polar surface area (TPSA) is 66.8 Å². The number of unbranched alkanes of at least 4 members (excludes halogenated alkanes) is 3. The van der Waals surface area contributed by atoms with E-state index < -0.39 is 98.5 Å². The van der Waals surface area contributed by atoms with Crippen molar-refractivity contribution in [3.05, 3.63) is 24.8 Å². The fraction of sp³-hybridized carbons (Fsp3) is 0.783. The number of halogens is 12. The van der Waals surface area contributed by atoms with E-state index in [1.807, 2.05) is 0 Å². The highest BCUT2D eigenvalue weighted by molar-refractivity contribution is 5.87. The Morgan fingerprint density at radius 3 is 1.56 bits per heavy atom. The van der Waals surface area contributed by atoms with Crippen molar-refractivity contribution in [1.82, 2.24) is 0 Å². The third kappa shape index (κ3) is 8.27. The minimum Gasteiger partial charge on any atom is -0.462 e. The fourth-order valence-corrected chi connectivity index (χ4v) is 3.16. The SMILES string of the molecule is C=CCCCCCC(F)(F)C(F)(F)C(F)(F)C(F)(F)C(F)(F)C(F)(F)CCCOC(=O)C(=C)CC(CO)CO. The van der Waals surface area contributed by atoms with Gasteiger partial charge < -0.3 is 14.9 Å². The zero-order valence-electron chi connectivity index (χ0n) is 20.6. The molecule has 2 N–H and O–H groups in total. The van der Waals surface area contributed by atoms with Gasteiger partial charge in [0, 0.05) is 37.5 Å². The minimum atomic E-state index is -7.65. The van der Waals surface area contributed by atoms with Gasteiger partial charge in [0.1, 0.15) is 0 Å². The molecule has 4 nitrogen and oxygen atoms in total. The molecular formula is C23H30F12O4. The van der Waals surface area contributed by atoms with Gasteiger partial charge in [0.15, 0.2) is 0 Å². The maximum atomic E-state index is 14.0. The standard InChI is InChI=1S/C23H30F12O4/c1-3-4-5-6-7-9-18(24,25)20(28,29)22(32,33)23(34,35)21(30,31)19(26,27)10-8-11-39-17(38)15(2)12-16(13-36)14-37/h3,16,36-37H,1-2,4-14H2. The van der Waals surface area contributed by atoms with E-state index in [-0.39, 0.29) is 25.7 Å². The van der Waals surface area contributed by atoms with E-state index in [9.17, 15) is 57.5 Å². The van der Waals surface area contributed by atoms with Crippen molar-refractivity contribution in [3.8, 4) is 0 Å². The average molecular weight is 598 g/mol. The second kappa shape index (κ2) is 14.1. The number of alkyl halides is 12. The highest BCUT2D eigenvalue weighted by atomic mass is 19.4. The molecular weight excluding hydrogens is 568 g/mol. The number of allylic oxidation sites excluding steroid dienone is 1. The smallest absolute Gasteiger partial charge is 0.384 e. The summed E-state index contributed by atoms with van der Waals surface area (Å²) in [6.45, 7) is 4.13. The molecule has 0 fully saturated rings. The number of esters is 1. The van der Waals surface area contributed by atoms with Gasteiger partial charge in [-0.3, -0.25) is 0 Å². The van der Waals surface area contributed by atoms with Crippen molar-refractivity contribution in [1.29, 1.82) is 0 Å². The predicted molar refractivity (Wildman–Crippen MR) is 115 cm³/mol. The lowest BCUT2D eigenvalue weighted by atomic mass is 9.88. The molecule has 0 spiro atoms. The lowest BCUT2D eigenvalue weighted by Gasteiger charge is -2.41. The van der Waals surface area contributed by atoms with Crippen molar-refractivity contribution in [3.63, 3.8) is 0 Å². The van der Waals surface area contributed by atoms with Gasteiger partial charge in [-0.2, -0.15) is 52.7 Å². The number of ether oxygens (including phenoxy) is 1. The quantitative estimate of drug-likeness (QED) is 0.0532. The van der Waals surface area contributed by atoms with Crippen LogP contribution in [0.25, 0.3) is 0 Å². The van der Waals surface area contributed by atoms with Crippen molar-refractivity contribution < 1.29 is 72.4 Å². The van der Waals surface area contributed by atoms with Gasteiger partial charge in [0.2, 0.25) is 0 Å². The van der Waals surface area contributed by atoms with Crippen LogP contribution in [0.2, 0.25) is 0 Å². The monoisotopic (exact) mass is 598 g/mol. The van der Waals surface area contributed by atoms with Crippen LogP contribution in [0.4, 0.5) is 52.7 Å². The van der Waals surface area contributed by atoms with Crippen LogP contribution >= 0.6 is 0 Å². The maximum Gasteiger partial charge on any atom is 0.384 e. The first-order valence-electron chi connectivity index (χ1n) is 11.6. The summed E-state index contributed by atoms with van der Waals surface area (Å²) in [6, 6.07) is 0. The number of hydrogen-bond donors (Lipinski definition) is 2. The molecule has 0 aliphatic rings. The van der Waals surface area contributed by atoms with Crippen LogP contribution in [0, 0.1) is 5.92 Å². The lowest BCUT2D eigenvalue weighted by Crippen LogP contribution is -2.70. The first-order chi connectivity index (χ1) is 17.6. The Kier molecular flexibility index (Phi) is 13.4. The lowest BCUT2D eigenvalue weighted by molar-refractivity contribution is -0.425. The van der Waals surface area contributed by atoms with Crippen LogP contribution < -0.4 is 0 Å². The van der Waals surface area contributed by atoms with E-state index in [2.05, 4.69) is 17.9 Å². The van der Waals surface area contributed by atoms with Gasteiger partial charge in [-0.05, 0) is 32.1 Å². The van der Waals surface area contributed by atoms with Crippen molar-refractivity contribution in [2.45, 2.75) is 86.9 Å². The molecule has 0 aromatic carbocycles. The average Bonchev–Trinajstić information content (AvgIpc) is 2.83. The fourth-order valence-electron chi connectivity index (χ4n) is 3.16. The summed E-state index contributed by atoms with van der Waals surface area (Å²) in [5.74, 6) is -43.9. The normalized spacial score (nSPS) is 14.0. The van der Waals surface area contributed by atoms with E-state index in [1.54, 1.807) is 0 Å². The molecule has 0 unspecified atom stereocenters. The zero-order valence-corrected chi connectivity index (χ0v) is 20.6. The summed E-state index contributed by atoms with van der Waals surface area (Å²) in [5, 5.41) is 17.8. The van der Waals surface area contributed by atoms with Crippen LogP contribution in [0.3, 0.4) is 0 Å². The second-order valence-corrected chi connectivity index (χ2v) is 8.87. The number of hydrogen-bond acceptors (Lipinski definition) is 4. The van der Waals surface area contributed by atoms with Crippen LogP contribution in [-0.4, -0.2) is 71.5 Å². The summed E-state index contributed by atoms with van der Waals surface area (Å²) < 4.78 is 172. The van der Waals surface area contributed by atoms with Gasteiger partial charge in [0.25, 0.3) is 0 Å². The van der Waals surface area contributed by atoms with Crippen molar-refractivity contribution >= 4 is 5.97 Å². The Hall–Kier alpha value is -1.97. The number of aliphatic hydroxyl groups is 2. The molecule has 0 amide bonds. The van der Waals surface area contributed by atoms with Crippen LogP contribution in [0.5, 0.6) is 0 Å². The van der Waals surface area contributed by atoms with Crippen molar-refractivity contribution in [2.75, 3.05) is 19.8 Å². The Bertz CT molecular complexity index is 811. The molecule has 0 saturated heterocycles. The first-order valence-corrected chi connectivity index (χ1v) is 11.6. The number of carbonyl (C=O) groups excluding carboxylic acids is 1. The van der Waals surface area contributed by atoms with Gasteiger partial charge in [0.05, 0.1) is 6.61 Å². The molecule has 0 bridgehead atoms. The molecule has 39 heavy (non-hydrogen) atoms. The van der Waals surface area contributed by atoms with Crippen LogP contribution in [0.1, 0.15) is 51.4 Å². The third-order valence-corrected chi connectivity index (χ3v) is 5.71. The molecule has 0 saturated carbocycles. The van der Waals surface area contributed by atoms with Crippen molar-refractivity contribution in [2.24, 2.45) is 5.92 Å². The second-order valence-electron chi connectivity index (χ2n) is 8.87. The van der Waals surface area contributed by atoms with E-state index in [0.717, 1.165) is 0 Å². The summed E-state index contributed by atoms with van der Waals surface area (Å²) in [7, 11) is 0. The Labute approximate surface area is 216 Å². The van der Waals surface area contributed by atoms with E-state index in [4.69, 9.17) is 10.2 Å². The molecule has 0 aromatic heterocycles. The van der Waals surface area contributed by atoms with Crippen LogP contribution in [-0.2, 0) is 9.53 Å². The van der Waals surface area contributed by atoms with Gasteiger partial charge in [-0.1, -0.05) is 19.1 Å². The third-order valence-electron chi connectivity index (χ3n) is 5.71. The van der Waals surface area contributed by atoms with E-state index >= 15 is 0 Å². The summed E-state index contributed by atoms with van der Waals surface area (Å²) in [5.41, 5.74) is -0.407. The minimum absolute atomic E-state index is 0.0945. The molecule has 0 rings (SSSR count). The molecule has 0 heterocycles. The molecule has 0 aliphatic carbocycles. The van der Waals surface area contributed by atoms with E-state index in [1.165, 1.54) is 6.08 Å². The molecule has 0 aliphatic heterocycles. The summed E-state index contributed by atoms with van der Waals surface area (Å²) in [6.07, 6.45) is -5.73. The van der Waals surface area contributed by atoms with E-state index in [0.29, 0.717) is 0 Å². The zero-order chi connectivity index (χ0) is 30.9. The first kappa shape index (κ1) is 37.0. The molecule has 0 radical (unpaired) electrons. The van der Waals surface area contributed by atoms with Gasteiger partial charge in [-0.15, -0.1) is 6.58 Å². The molecule has 230 valence electrons. The largest absolute Gasteiger partial charge is 0.462 e.